The quantitative estimate of drug-likeness (QED) is 0.738. The number of nitrogens with one attached hydrogen (secondary N) is 1. The van der Waals surface area contributed by atoms with Crippen LogP contribution in [-0.4, -0.2) is 44.3 Å². The van der Waals surface area contributed by atoms with Crippen molar-refractivity contribution in [1.29, 1.82) is 0 Å². The minimum atomic E-state index is -3.60. The van der Waals surface area contributed by atoms with Gasteiger partial charge in [-0.25, -0.2) is 12.8 Å². The fourth-order valence-corrected chi connectivity index (χ4v) is 4.93. The van der Waals surface area contributed by atoms with Crippen LogP contribution in [0.25, 0.3) is 0 Å². The summed E-state index contributed by atoms with van der Waals surface area (Å²) in [5.41, 5.74) is 5.77. The highest BCUT2D eigenvalue weighted by Gasteiger charge is 2.32. The summed E-state index contributed by atoms with van der Waals surface area (Å²) in [4.78, 5) is 11.6. The molecule has 0 aliphatic carbocycles. The largest absolute Gasteiger partial charge is 0.354 e. The number of nitrogens with zero attached hydrogens (tertiary/aromatic N) is 1. The van der Waals surface area contributed by atoms with Gasteiger partial charge >= 0.3 is 0 Å². The van der Waals surface area contributed by atoms with Crippen molar-refractivity contribution in [3.05, 3.63) is 34.6 Å². The van der Waals surface area contributed by atoms with Gasteiger partial charge in [-0.2, -0.15) is 4.31 Å². The fraction of sp³-hybridized carbons (Fsp3) is 0.562. The molecule has 1 fully saturated rings. The summed E-state index contributed by atoms with van der Waals surface area (Å²) in [6.07, 6.45) is 2.59. The minimum Gasteiger partial charge on any atom is -0.354 e. The number of benzene rings is 1. The lowest BCUT2D eigenvalue weighted by Crippen LogP contribution is -2.49. The van der Waals surface area contributed by atoms with Crippen LogP contribution in [0.2, 0.25) is 5.02 Å². The monoisotopic (exact) mass is 391 g/mol. The van der Waals surface area contributed by atoms with Crippen LogP contribution in [0.1, 0.15) is 31.2 Å². The van der Waals surface area contributed by atoms with Crippen molar-refractivity contribution in [2.24, 2.45) is 5.73 Å². The first-order chi connectivity index (χ1) is 11.8. The average molecular weight is 392 g/mol. The molecule has 0 saturated carbocycles. The van der Waals surface area contributed by atoms with Crippen LogP contribution in [-0.2, 0) is 20.6 Å². The third-order valence-electron chi connectivity index (χ3n) is 4.17. The van der Waals surface area contributed by atoms with Crippen LogP contribution in [0.5, 0.6) is 0 Å². The van der Waals surface area contributed by atoms with E-state index in [1.54, 1.807) is 0 Å². The van der Waals surface area contributed by atoms with E-state index in [1.807, 2.05) is 0 Å². The lowest BCUT2D eigenvalue weighted by atomic mass is 10.1. The number of nitrogens with two attached hydrogens (primary N) is 1. The molecule has 1 heterocycles. The minimum absolute atomic E-state index is 0.100. The summed E-state index contributed by atoms with van der Waals surface area (Å²) in [6.45, 7) is 0.931. The van der Waals surface area contributed by atoms with Crippen LogP contribution >= 0.6 is 11.6 Å². The third kappa shape index (κ3) is 5.64. The summed E-state index contributed by atoms with van der Waals surface area (Å²) in [7, 11) is -3.60. The average Bonchev–Trinajstić information content (AvgIpc) is 2.56. The maximum atomic E-state index is 13.2. The highest BCUT2D eigenvalue weighted by molar-refractivity contribution is 7.88. The van der Waals surface area contributed by atoms with Crippen molar-refractivity contribution in [2.45, 2.75) is 37.5 Å². The van der Waals surface area contributed by atoms with Gasteiger partial charge in [-0.3, -0.25) is 4.79 Å². The normalized spacial score (nSPS) is 18.9. The van der Waals surface area contributed by atoms with Crippen molar-refractivity contribution in [3.8, 4) is 0 Å². The summed E-state index contributed by atoms with van der Waals surface area (Å²) < 4.78 is 40.3. The Hall–Kier alpha value is -1.22. The second-order valence-corrected chi connectivity index (χ2v) is 8.44. The first-order valence-electron chi connectivity index (χ1n) is 8.23. The Bertz CT molecular complexity index is 715. The van der Waals surface area contributed by atoms with E-state index < -0.39 is 15.8 Å². The lowest BCUT2D eigenvalue weighted by Gasteiger charge is -2.34. The molecule has 0 bridgehead atoms. The molecule has 1 atom stereocenters. The van der Waals surface area contributed by atoms with Crippen LogP contribution in [0.3, 0.4) is 0 Å². The Morgan fingerprint density at radius 1 is 1.40 bits per heavy atom. The molecule has 2 rings (SSSR count). The number of piperidine rings is 1. The number of hydrogen-bond donors (Lipinski definition) is 2. The van der Waals surface area contributed by atoms with Gasteiger partial charge in [0, 0.05) is 32.1 Å². The van der Waals surface area contributed by atoms with E-state index >= 15 is 0 Å². The first kappa shape index (κ1) is 20.1. The van der Waals surface area contributed by atoms with Gasteiger partial charge < -0.3 is 11.1 Å². The molecule has 6 nitrogen and oxygen atoms in total. The van der Waals surface area contributed by atoms with E-state index in [1.165, 1.54) is 16.4 Å². The molecule has 1 saturated heterocycles. The highest BCUT2D eigenvalue weighted by atomic mass is 35.5. The zero-order valence-corrected chi connectivity index (χ0v) is 15.5. The fourth-order valence-electron chi connectivity index (χ4n) is 2.92. The van der Waals surface area contributed by atoms with Crippen molar-refractivity contribution in [2.75, 3.05) is 19.6 Å². The van der Waals surface area contributed by atoms with Gasteiger partial charge in [-0.05, 0) is 30.5 Å². The van der Waals surface area contributed by atoms with E-state index in [0.29, 0.717) is 18.5 Å². The molecule has 1 aliphatic rings. The van der Waals surface area contributed by atoms with E-state index in [-0.39, 0.29) is 42.2 Å². The molecule has 3 N–H and O–H groups in total. The van der Waals surface area contributed by atoms with Crippen LogP contribution in [0.4, 0.5) is 4.39 Å². The molecule has 1 aromatic carbocycles. The molecule has 140 valence electrons. The second kappa shape index (κ2) is 8.93. The molecule has 0 spiro atoms. The van der Waals surface area contributed by atoms with E-state index in [4.69, 9.17) is 17.3 Å². The van der Waals surface area contributed by atoms with Crippen molar-refractivity contribution < 1.29 is 17.6 Å². The number of carbonyl (C=O) groups is 1. The molecule has 1 aliphatic heterocycles. The van der Waals surface area contributed by atoms with Crippen molar-refractivity contribution >= 4 is 27.5 Å². The molecule has 25 heavy (non-hydrogen) atoms. The molecule has 0 radical (unpaired) electrons. The van der Waals surface area contributed by atoms with Crippen molar-refractivity contribution in [3.63, 3.8) is 0 Å². The predicted octanol–water partition coefficient (Wildman–Crippen LogP) is 1.63. The number of carbonyl (C=O) groups excluding carboxylic acids is 1. The third-order valence-corrected chi connectivity index (χ3v) is 6.35. The van der Waals surface area contributed by atoms with Gasteiger partial charge in [0.25, 0.3) is 0 Å². The number of hydrogen-bond acceptors (Lipinski definition) is 4. The predicted molar refractivity (Wildman–Crippen MR) is 95.1 cm³/mol. The lowest BCUT2D eigenvalue weighted by molar-refractivity contribution is -0.121. The number of halogens is 2. The molecular weight excluding hydrogens is 369 g/mol. The molecule has 1 aromatic rings. The van der Waals surface area contributed by atoms with Gasteiger partial charge in [-0.15, -0.1) is 0 Å². The Kier molecular flexibility index (Phi) is 7.18. The van der Waals surface area contributed by atoms with Gasteiger partial charge in [0.15, 0.2) is 0 Å². The Balaban J connectivity index is 2.08. The highest BCUT2D eigenvalue weighted by Crippen LogP contribution is 2.24. The molecule has 1 amide bonds. The molecular formula is C16H23ClFN3O3S. The first-order valence-corrected chi connectivity index (χ1v) is 10.2. The zero-order valence-electron chi connectivity index (χ0n) is 13.9. The number of sulfonamides is 1. The smallest absolute Gasteiger partial charge is 0.221 e. The Morgan fingerprint density at radius 3 is 2.84 bits per heavy atom. The van der Waals surface area contributed by atoms with E-state index in [0.717, 1.165) is 18.9 Å². The van der Waals surface area contributed by atoms with Gasteiger partial charge in [-0.1, -0.05) is 24.1 Å². The Morgan fingerprint density at radius 2 is 2.16 bits per heavy atom. The van der Waals surface area contributed by atoms with E-state index in [9.17, 15) is 17.6 Å². The SMILES string of the molecule is NCCC(=O)NCC1CCCCN1S(=O)(=O)Cc1ccc(F)c(Cl)c1. The zero-order chi connectivity index (χ0) is 18.4. The second-order valence-electron chi connectivity index (χ2n) is 6.11. The van der Waals surface area contributed by atoms with Crippen LogP contribution in [0.15, 0.2) is 18.2 Å². The van der Waals surface area contributed by atoms with Crippen LogP contribution in [0, 0.1) is 5.82 Å². The topological polar surface area (TPSA) is 92.5 Å². The summed E-state index contributed by atoms with van der Waals surface area (Å²) in [6, 6.07) is 3.63. The number of rotatable bonds is 7. The summed E-state index contributed by atoms with van der Waals surface area (Å²) >= 11 is 5.73. The maximum absolute atomic E-state index is 13.2. The maximum Gasteiger partial charge on any atom is 0.221 e. The van der Waals surface area contributed by atoms with Crippen LogP contribution < -0.4 is 11.1 Å². The Labute approximate surface area is 152 Å². The molecule has 9 heteroatoms. The van der Waals surface area contributed by atoms with Gasteiger partial charge in [0.1, 0.15) is 5.82 Å². The molecule has 0 aromatic heterocycles. The summed E-state index contributed by atoms with van der Waals surface area (Å²) in [5.74, 6) is -1.02. The standard InChI is InChI=1S/C16H23ClFN3O3S/c17-14-9-12(4-5-15(14)18)11-25(23,24)21-8-2-1-3-13(21)10-20-16(22)6-7-19/h4-5,9,13H,1-3,6-8,10-11,19H2,(H,20,22). The van der Waals surface area contributed by atoms with Gasteiger partial charge in [0.2, 0.25) is 15.9 Å². The van der Waals surface area contributed by atoms with Crippen molar-refractivity contribution in [1.82, 2.24) is 9.62 Å². The molecule has 1 unspecified atom stereocenters. The number of amides is 1. The van der Waals surface area contributed by atoms with E-state index in [2.05, 4.69) is 5.32 Å². The van der Waals surface area contributed by atoms with Gasteiger partial charge in [0.05, 0.1) is 10.8 Å². The summed E-state index contributed by atoms with van der Waals surface area (Å²) in [5, 5.41) is 2.64.